The fraction of sp³-hybridized carbons (Fsp3) is 1.00. The first-order valence-electron chi connectivity index (χ1n) is 7.41. The van der Waals surface area contributed by atoms with E-state index in [1.165, 1.54) is 0 Å². The molecule has 0 saturated carbocycles. The number of phosphoric ester groups is 1. The molecule has 3 atom stereocenters. The van der Waals surface area contributed by atoms with Crippen molar-refractivity contribution in [2.75, 3.05) is 33.4 Å². The maximum absolute atomic E-state index is 11.4. The van der Waals surface area contributed by atoms with E-state index in [1.807, 2.05) is 0 Å². The van der Waals surface area contributed by atoms with Crippen LogP contribution in [0.2, 0.25) is 0 Å². The number of hydrogen-bond donors (Lipinski definition) is 2. The summed E-state index contributed by atoms with van der Waals surface area (Å²) in [6, 6.07) is 0. The van der Waals surface area contributed by atoms with E-state index in [0.29, 0.717) is 0 Å². The zero-order valence-electron chi connectivity index (χ0n) is 14.4. The van der Waals surface area contributed by atoms with Crippen molar-refractivity contribution < 1.29 is 46.7 Å². The summed E-state index contributed by atoms with van der Waals surface area (Å²) >= 11 is 0. The Labute approximate surface area is 142 Å². The molecule has 0 fully saturated rings. The molecule has 0 amide bonds. The number of hydrogen-bond acceptors (Lipinski definition) is 9. The average molecular weight is 394 g/mol. The van der Waals surface area contributed by atoms with E-state index in [9.17, 15) is 19.1 Å². The fourth-order valence-corrected chi connectivity index (χ4v) is 2.73. The van der Waals surface area contributed by atoms with Crippen LogP contribution in [-0.2, 0) is 36.7 Å². The van der Waals surface area contributed by atoms with Crippen LogP contribution in [0.5, 0.6) is 0 Å². The van der Waals surface area contributed by atoms with Crippen molar-refractivity contribution in [3.8, 4) is 0 Å². The van der Waals surface area contributed by atoms with Crippen molar-refractivity contribution in [3.05, 3.63) is 0 Å². The monoisotopic (exact) mass is 394 g/mol. The first-order chi connectivity index (χ1) is 11.2. The quantitative estimate of drug-likeness (QED) is 0.241. The standard InChI is InChI=1S/C12H28O10P2/c1-10(2)21-23(14)19-8-17-6-12(5-13)7-18-9-20-24(15,16)22-11(3)4/h10-13,23H,5-9H2,1-4H3,(H,15,16). The molecule has 24 heavy (non-hydrogen) atoms. The number of aliphatic hydroxyl groups excluding tert-OH is 1. The predicted molar refractivity (Wildman–Crippen MR) is 85.7 cm³/mol. The van der Waals surface area contributed by atoms with Crippen LogP contribution in [0.3, 0.4) is 0 Å². The predicted octanol–water partition coefficient (Wildman–Crippen LogP) is 1.92. The van der Waals surface area contributed by atoms with Gasteiger partial charge in [-0.15, -0.1) is 0 Å². The van der Waals surface area contributed by atoms with Gasteiger partial charge in [-0.3, -0.25) is 18.1 Å². The summed E-state index contributed by atoms with van der Waals surface area (Å²) < 4.78 is 51.8. The van der Waals surface area contributed by atoms with Crippen molar-refractivity contribution in [1.82, 2.24) is 0 Å². The van der Waals surface area contributed by atoms with Gasteiger partial charge in [0.1, 0.15) is 0 Å². The zero-order valence-corrected chi connectivity index (χ0v) is 16.3. The second-order valence-corrected chi connectivity index (χ2v) is 7.77. The Kier molecular flexibility index (Phi) is 13.4. The van der Waals surface area contributed by atoms with E-state index in [4.69, 9.17) is 18.5 Å². The lowest BCUT2D eigenvalue weighted by molar-refractivity contribution is -0.0627. The highest BCUT2D eigenvalue weighted by Crippen LogP contribution is 2.44. The van der Waals surface area contributed by atoms with Crippen molar-refractivity contribution in [2.24, 2.45) is 5.92 Å². The van der Waals surface area contributed by atoms with Crippen LogP contribution in [0, 0.1) is 5.92 Å². The Bertz CT molecular complexity index is 390. The van der Waals surface area contributed by atoms with E-state index < -0.39 is 34.9 Å². The molecule has 0 heterocycles. The summed E-state index contributed by atoms with van der Waals surface area (Å²) in [5.41, 5.74) is 0. The molecule has 0 aromatic rings. The molecule has 3 unspecified atom stereocenters. The molecule has 146 valence electrons. The second kappa shape index (κ2) is 13.4. The average Bonchev–Trinajstić information content (AvgIpc) is 2.43. The summed E-state index contributed by atoms with van der Waals surface area (Å²) in [5, 5.41) is 9.18. The van der Waals surface area contributed by atoms with Gasteiger partial charge in [0.2, 0.25) is 0 Å². The van der Waals surface area contributed by atoms with Gasteiger partial charge in [0, 0.05) is 5.92 Å². The van der Waals surface area contributed by atoms with Crippen LogP contribution < -0.4 is 0 Å². The summed E-state index contributed by atoms with van der Waals surface area (Å²) in [6.07, 6.45) is -0.677. The van der Waals surface area contributed by atoms with E-state index in [1.54, 1.807) is 27.7 Å². The molecule has 0 aliphatic carbocycles. The molecule has 0 radical (unpaired) electrons. The maximum Gasteiger partial charge on any atom is 0.474 e. The first-order valence-corrected chi connectivity index (χ1v) is 10.1. The van der Waals surface area contributed by atoms with Crippen LogP contribution in [0.4, 0.5) is 0 Å². The molecule has 10 nitrogen and oxygen atoms in total. The third kappa shape index (κ3) is 14.5. The summed E-state index contributed by atoms with van der Waals surface area (Å²) in [4.78, 5) is 9.30. The van der Waals surface area contributed by atoms with Crippen LogP contribution in [0.25, 0.3) is 0 Å². The van der Waals surface area contributed by atoms with Crippen LogP contribution in [0.15, 0.2) is 0 Å². The van der Waals surface area contributed by atoms with Crippen molar-refractivity contribution in [1.29, 1.82) is 0 Å². The van der Waals surface area contributed by atoms with Gasteiger partial charge in [-0.1, -0.05) is 0 Å². The van der Waals surface area contributed by atoms with Gasteiger partial charge < -0.3 is 24.0 Å². The Balaban J connectivity index is 3.80. The molecule has 0 aliphatic rings. The highest BCUT2D eigenvalue weighted by atomic mass is 31.2. The summed E-state index contributed by atoms with van der Waals surface area (Å²) in [6.45, 7) is 5.79. The molecular formula is C12H28O10P2. The highest BCUT2D eigenvalue weighted by molar-refractivity contribution is 7.47. The van der Waals surface area contributed by atoms with Crippen molar-refractivity contribution in [2.45, 2.75) is 39.9 Å². The largest absolute Gasteiger partial charge is 0.474 e. The van der Waals surface area contributed by atoms with Gasteiger partial charge in [-0.05, 0) is 27.7 Å². The molecule has 0 rings (SSSR count). The minimum atomic E-state index is -4.15. The molecule has 0 spiro atoms. The third-order valence-electron chi connectivity index (χ3n) is 2.20. The van der Waals surface area contributed by atoms with Gasteiger partial charge in [0.05, 0.1) is 32.0 Å². The van der Waals surface area contributed by atoms with Gasteiger partial charge in [-0.25, -0.2) is 4.57 Å². The Morgan fingerprint density at radius 3 is 2.12 bits per heavy atom. The highest BCUT2D eigenvalue weighted by Gasteiger charge is 2.22. The molecule has 0 bridgehead atoms. The van der Waals surface area contributed by atoms with E-state index >= 15 is 0 Å². The number of phosphoric acid groups is 1. The maximum atomic E-state index is 11.4. The summed E-state index contributed by atoms with van der Waals surface area (Å²) in [7, 11) is -6.75. The molecule has 0 aromatic heterocycles. The summed E-state index contributed by atoms with van der Waals surface area (Å²) in [5.74, 6) is -0.408. The number of rotatable bonds is 15. The lowest BCUT2D eigenvalue weighted by atomic mass is 10.2. The first kappa shape index (κ1) is 24.1. The Morgan fingerprint density at radius 2 is 1.62 bits per heavy atom. The van der Waals surface area contributed by atoms with Crippen molar-refractivity contribution >= 4 is 16.1 Å². The number of ether oxygens (including phenoxy) is 2. The van der Waals surface area contributed by atoms with Gasteiger partial charge in [-0.2, -0.15) is 0 Å². The van der Waals surface area contributed by atoms with E-state index in [0.717, 1.165) is 0 Å². The van der Waals surface area contributed by atoms with Gasteiger partial charge in [0.25, 0.3) is 0 Å². The van der Waals surface area contributed by atoms with Gasteiger partial charge in [0.15, 0.2) is 13.6 Å². The lowest BCUT2D eigenvalue weighted by Gasteiger charge is -2.17. The zero-order chi connectivity index (χ0) is 18.6. The third-order valence-corrected chi connectivity index (χ3v) is 4.34. The molecule has 0 aromatic carbocycles. The van der Waals surface area contributed by atoms with Gasteiger partial charge >= 0.3 is 16.1 Å². The second-order valence-electron chi connectivity index (χ2n) is 5.34. The number of aliphatic hydroxyl groups is 1. The van der Waals surface area contributed by atoms with E-state index in [2.05, 4.69) is 9.05 Å². The Morgan fingerprint density at radius 1 is 1.04 bits per heavy atom. The molecule has 2 N–H and O–H groups in total. The minimum Gasteiger partial charge on any atom is -0.396 e. The van der Waals surface area contributed by atoms with Crippen LogP contribution in [0.1, 0.15) is 27.7 Å². The SMILES string of the molecule is CC(C)O[PH](=O)OCOCC(CO)COCOP(=O)(O)OC(C)C. The lowest BCUT2D eigenvalue weighted by Crippen LogP contribution is -2.21. The van der Waals surface area contributed by atoms with Crippen LogP contribution in [-0.4, -0.2) is 55.6 Å². The smallest absolute Gasteiger partial charge is 0.396 e. The molecule has 12 heteroatoms. The molecule has 0 saturated heterocycles. The fourth-order valence-electron chi connectivity index (χ4n) is 1.30. The molecular weight excluding hydrogens is 366 g/mol. The van der Waals surface area contributed by atoms with Crippen molar-refractivity contribution in [3.63, 3.8) is 0 Å². The molecule has 0 aliphatic heterocycles. The topological polar surface area (TPSA) is 130 Å². The minimum absolute atomic E-state index is 0.0237. The van der Waals surface area contributed by atoms with E-state index in [-0.39, 0.29) is 32.7 Å². The normalized spacial score (nSPS) is 17.2. The Hall–Kier alpha value is 0.140. The van der Waals surface area contributed by atoms with Crippen LogP contribution >= 0.6 is 16.1 Å².